The van der Waals surface area contributed by atoms with Crippen molar-refractivity contribution in [1.82, 2.24) is 0 Å². The predicted octanol–water partition coefficient (Wildman–Crippen LogP) is 2.73. The molecule has 1 aromatic rings. The minimum Gasteiger partial charge on any atom is -0.481 e. The first-order valence-electron chi connectivity index (χ1n) is 7.47. The fraction of sp³-hybridized carbons (Fsp3) is 0.500. The SMILES string of the molecule is C[Si](C)(C)CCc1ccc(NC(=O)[C@@H](O)CCC(=O)O)cc1. The van der Waals surface area contributed by atoms with Crippen LogP contribution in [0.2, 0.25) is 25.7 Å². The lowest BCUT2D eigenvalue weighted by Gasteiger charge is -2.15. The van der Waals surface area contributed by atoms with Crippen LogP contribution in [-0.2, 0) is 16.0 Å². The minimum atomic E-state index is -1.30. The topological polar surface area (TPSA) is 86.6 Å². The van der Waals surface area contributed by atoms with Gasteiger partial charge in [0.25, 0.3) is 5.91 Å². The van der Waals surface area contributed by atoms with Crippen molar-refractivity contribution in [3.8, 4) is 0 Å². The van der Waals surface area contributed by atoms with Gasteiger partial charge in [-0.05, 0) is 30.5 Å². The highest BCUT2D eigenvalue weighted by atomic mass is 28.3. The molecule has 0 fully saturated rings. The molecule has 0 aliphatic rings. The summed E-state index contributed by atoms with van der Waals surface area (Å²) in [5.41, 5.74) is 1.84. The van der Waals surface area contributed by atoms with Crippen molar-refractivity contribution in [2.24, 2.45) is 0 Å². The number of aliphatic hydroxyl groups excluding tert-OH is 1. The van der Waals surface area contributed by atoms with Crippen LogP contribution >= 0.6 is 0 Å². The first-order chi connectivity index (χ1) is 10.2. The molecule has 0 spiro atoms. The molecule has 6 heteroatoms. The summed E-state index contributed by atoms with van der Waals surface area (Å²) in [6, 6.07) is 8.77. The van der Waals surface area contributed by atoms with Crippen LogP contribution in [0.5, 0.6) is 0 Å². The molecule has 0 aliphatic heterocycles. The molecule has 1 atom stereocenters. The Hall–Kier alpha value is -1.66. The zero-order valence-electron chi connectivity index (χ0n) is 13.4. The van der Waals surface area contributed by atoms with E-state index in [0.29, 0.717) is 5.69 Å². The van der Waals surface area contributed by atoms with Gasteiger partial charge in [-0.15, -0.1) is 0 Å². The van der Waals surface area contributed by atoms with Gasteiger partial charge in [0, 0.05) is 20.2 Å². The number of aliphatic hydroxyl groups is 1. The Morgan fingerprint density at radius 1 is 1.18 bits per heavy atom. The molecular formula is C16H25NO4Si. The number of hydrogen-bond acceptors (Lipinski definition) is 3. The van der Waals surface area contributed by atoms with E-state index in [-0.39, 0.29) is 12.8 Å². The molecule has 0 saturated carbocycles. The Morgan fingerprint density at radius 2 is 1.77 bits per heavy atom. The van der Waals surface area contributed by atoms with Gasteiger partial charge in [0.2, 0.25) is 0 Å². The van der Waals surface area contributed by atoms with E-state index in [9.17, 15) is 14.7 Å². The third-order valence-electron chi connectivity index (χ3n) is 3.32. The van der Waals surface area contributed by atoms with Crippen LogP contribution in [0.3, 0.4) is 0 Å². The van der Waals surface area contributed by atoms with Gasteiger partial charge in [0.15, 0.2) is 0 Å². The fourth-order valence-electron chi connectivity index (χ4n) is 1.89. The van der Waals surface area contributed by atoms with Crippen LogP contribution < -0.4 is 5.32 Å². The van der Waals surface area contributed by atoms with Gasteiger partial charge in [-0.25, -0.2) is 0 Å². The highest BCUT2D eigenvalue weighted by Crippen LogP contribution is 2.16. The van der Waals surface area contributed by atoms with Gasteiger partial charge in [-0.1, -0.05) is 37.8 Å². The molecule has 5 nitrogen and oxygen atoms in total. The molecule has 0 aromatic heterocycles. The molecule has 122 valence electrons. The van der Waals surface area contributed by atoms with E-state index in [0.717, 1.165) is 6.42 Å². The van der Waals surface area contributed by atoms with Gasteiger partial charge in [-0.3, -0.25) is 9.59 Å². The second-order valence-electron chi connectivity index (χ2n) is 6.70. The monoisotopic (exact) mass is 323 g/mol. The molecule has 1 aromatic carbocycles. The number of aryl methyl sites for hydroxylation is 1. The lowest BCUT2D eigenvalue weighted by atomic mass is 10.1. The molecule has 1 amide bonds. The van der Waals surface area contributed by atoms with Gasteiger partial charge < -0.3 is 15.5 Å². The van der Waals surface area contributed by atoms with E-state index in [1.165, 1.54) is 11.6 Å². The van der Waals surface area contributed by atoms with Crippen LogP contribution in [0.1, 0.15) is 18.4 Å². The average molecular weight is 323 g/mol. The normalized spacial score (nSPS) is 12.7. The fourth-order valence-corrected chi connectivity index (χ4v) is 2.93. The van der Waals surface area contributed by atoms with Gasteiger partial charge >= 0.3 is 5.97 Å². The Morgan fingerprint density at radius 3 is 2.27 bits per heavy atom. The lowest BCUT2D eigenvalue weighted by molar-refractivity contribution is -0.138. The number of rotatable bonds is 8. The van der Waals surface area contributed by atoms with Crippen LogP contribution in [0, 0.1) is 0 Å². The number of nitrogens with one attached hydrogen (secondary N) is 1. The summed E-state index contributed by atoms with van der Waals surface area (Å²) in [6.07, 6.45) is -0.590. The second kappa shape index (κ2) is 8.10. The summed E-state index contributed by atoms with van der Waals surface area (Å²) in [5.74, 6) is -1.60. The summed E-state index contributed by atoms with van der Waals surface area (Å²) in [7, 11) is -1.06. The maximum atomic E-state index is 11.7. The molecule has 0 aliphatic carbocycles. The van der Waals surface area contributed by atoms with Crippen LogP contribution in [0.4, 0.5) is 5.69 Å². The van der Waals surface area contributed by atoms with E-state index in [4.69, 9.17) is 5.11 Å². The van der Waals surface area contributed by atoms with E-state index in [2.05, 4.69) is 25.0 Å². The third kappa shape index (κ3) is 7.38. The first kappa shape index (κ1) is 18.4. The maximum absolute atomic E-state index is 11.7. The van der Waals surface area contributed by atoms with Crippen molar-refractivity contribution < 1.29 is 19.8 Å². The number of carboxylic acid groups (broad SMARTS) is 1. The Balaban J connectivity index is 2.49. The van der Waals surface area contributed by atoms with Crippen LogP contribution in [-0.4, -0.2) is 36.3 Å². The predicted molar refractivity (Wildman–Crippen MR) is 89.8 cm³/mol. The van der Waals surface area contributed by atoms with Crippen molar-refractivity contribution in [1.29, 1.82) is 0 Å². The quantitative estimate of drug-likeness (QED) is 0.642. The zero-order chi connectivity index (χ0) is 16.8. The minimum absolute atomic E-state index is 0.0878. The molecule has 3 N–H and O–H groups in total. The number of carbonyl (C=O) groups is 2. The molecule has 0 heterocycles. The highest BCUT2D eigenvalue weighted by molar-refractivity contribution is 6.76. The largest absolute Gasteiger partial charge is 0.481 e. The summed E-state index contributed by atoms with van der Waals surface area (Å²) in [6.45, 7) is 7.00. The van der Waals surface area contributed by atoms with Crippen LogP contribution in [0.25, 0.3) is 0 Å². The number of aliphatic carboxylic acids is 1. The number of amides is 1. The molecule has 1 rings (SSSR count). The second-order valence-corrected chi connectivity index (χ2v) is 12.3. The smallest absolute Gasteiger partial charge is 0.303 e. The molecular weight excluding hydrogens is 298 g/mol. The van der Waals surface area contributed by atoms with E-state index in [1.54, 1.807) is 12.1 Å². The number of carbonyl (C=O) groups excluding carboxylic acids is 1. The first-order valence-corrected chi connectivity index (χ1v) is 11.2. The van der Waals surface area contributed by atoms with E-state index < -0.39 is 26.1 Å². The Labute approximate surface area is 132 Å². The summed E-state index contributed by atoms with van der Waals surface area (Å²) >= 11 is 0. The van der Waals surface area contributed by atoms with E-state index >= 15 is 0 Å². The van der Waals surface area contributed by atoms with Gasteiger partial charge in [0.1, 0.15) is 6.10 Å². The summed E-state index contributed by atoms with van der Waals surface area (Å²) in [4.78, 5) is 22.1. The number of carboxylic acids is 1. The molecule has 0 bridgehead atoms. The zero-order valence-corrected chi connectivity index (χ0v) is 14.4. The standard InChI is InChI=1S/C16H25NO4Si/c1-22(2,3)11-10-12-4-6-13(7-5-12)17-16(21)14(18)8-9-15(19)20/h4-7,14,18H,8-11H2,1-3H3,(H,17,21)(H,19,20)/t14-/m0/s1. The maximum Gasteiger partial charge on any atom is 0.303 e. The molecule has 0 radical (unpaired) electrons. The molecule has 0 unspecified atom stereocenters. The van der Waals surface area contributed by atoms with Crippen molar-refractivity contribution in [3.05, 3.63) is 29.8 Å². The van der Waals surface area contributed by atoms with Crippen molar-refractivity contribution in [2.45, 2.75) is 51.1 Å². The lowest BCUT2D eigenvalue weighted by Crippen LogP contribution is -2.28. The van der Waals surface area contributed by atoms with Gasteiger partial charge in [-0.2, -0.15) is 0 Å². The summed E-state index contributed by atoms with van der Waals surface area (Å²) in [5, 5.41) is 20.7. The molecule has 0 saturated heterocycles. The number of hydrogen-bond donors (Lipinski definition) is 3. The van der Waals surface area contributed by atoms with Crippen molar-refractivity contribution in [3.63, 3.8) is 0 Å². The Kier molecular flexibility index (Phi) is 6.77. The third-order valence-corrected chi connectivity index (χ3v) is 5.07. The van der Waals surface area contributed by atoms with Gasteiger partial charge in [0.05, 0.1) is 0 Å². The number of benzene rings is 1. The molecule has 22 heavy (non-hydrogen) atoms. The van der Waals surface area contributed by atoms with Crippen molar-refractivity contribution >= 4 is 25.6 Å². The highest BCUT2D eigenvalue weighted by Gasteiger charge is 2.16. The number of anilines is 1. The average Bonchev–Trinajstić information content (AvgIpc) is 2.43. The Bertz CT molecular complexity index is 508. The van der Waals surface area contributed by atoms with Crippen LogP contribution in [0.15, 0.2) is 24.3 Å². The summed E-state index contributed by atoms with van der Waals surface area (Å²) < 4.78 is 0. The van der Waals surface area contributed by atoms with E-state index in [1.807, 2.05) is 12.1 Å². The van der Waals surface area contributed by atoms with Crippen molar-refractivity contribution in [2.75, 3.05) is 5.32 Å².